The van der Waals surface area contributed by atoms with Crippen LogP contribution in [-0.2, 0) is 6.54 Å². The summed E-state index contributed by atoms with van der Waals surface area (Å²) in [5.41, 5.74) is 0.189. The molecule has 2 aromatic heterocycles. The third-order valence-corrected chi connectivity index (χ3v) is 3.60. The van der Waals surface area contributed by atoms with Gasteiger partial charge in [0.1, 0.15) is 23.1 Å². The molecular formula is C19H16FN3O3. The minimum atomic E-state index is -0.396. The van der Waals surface area contributed by atoms with Crippen LogP contribution in [0.2, 0.25) is 0 Å². The van der Waals surface area contributed by atoms with Gasteiger partial charge in [0.25, 0.3) is 11.5 Å². The lowest BCUT2D eigenvalue weighted by Gasteiger charge is -2.08. The van der Waals surface area contributed by atoms with Gasteiger partial charge in [-0.3, -0.25) is 9.59 Å². The van der Waals surface area contributed by atoms with E-state index in [2.05, 4.69) is 10.3 Å². The largest absolute Gasteiger partial charge is 0.456 e. The minimum Gasteiger partial charge on any atom is -0.456 e. The quantitative estimate of drug-likeness (QED) is 0.762. The van der Waals surface area contributed by atoms with E-state index in [1.807, 2.05) is 6.92 Å². The zero-order valence-corrected chi connectivity index (χ0v) is 14.0. The molecule has 1 amide bonds. The minimum absolute atomic E-state index is 0.166. The number of halogens is 1. The number of ether oxygens (including phenoxy) is 1. The molecule has 7 heteroatoms. The first-order valence-electron chi connectivity index (χ1n) is 7.96. The molecular weight excluding hydrogens is 337 g/mol. The van der Waals surface area contributed by atoms with Crippen LogP contribution in [-0.4, -0.2) is 15.5 Å². The van der Waals surface area contributed by atoms with Gasteiger partial charge < -0.3 is 14.6 Å². The van der Waals surface area contributed by atoms with E-state index < -0.39 is 5.82 Å². The van der Waals surface area contributed by atoms with Crippen LogP contribution in [0.3, 0.4) is 0 Å². The Labute approximate surface area is 148 Å². The lowest BCUT2D eigenvalue weighted by molar-refractivity contribution is 0.102. The number of hydrogen-bond acceptors (Lipinski definition) is 4. The summed E-state index contributed by atoms with van der Waals surface area (Å²) >= 11 is 0. The van der Waals surface area contributed by atoms with Gasteiger partial charge in [0.2, 0.25) is 0 Å². The standard InChI is InChI=1S/C19H16FN3O3/c1-2-23-12-13(6-9-18(23)24)19(25)22-17-8-7-16(11-21-17)26-15-5-3-4-14(20)10-15/h3-12H,2H2,1H3,(H,21,22,25). The van der Waals surface area contributed by atoms with Crippen molar-refractivity contribution in [3.63, 3.8) is 0 Å². The highest BCUT2D eigenvalue weighted by molar-refractivity contribution is 6.03. The summed E-state index contributed by atoms with van der Waals surface area (Å²) in [5.74, 6) is 0.320. The first-order chi connectivity index (χ1) is 12.5. The van der Waals surface area contributed by atoms with Gasteiger partial charge in [-0.25, -0.2) is 9.37 Å². The highest BCUT2D eigenvalue weighted by Crippen LogP contribution is 2.22. The summed E-state index contributed by atoms with van der Waals surface area (Å²) in [6, 6.07) is 11.8. The van der Waals surface area contributed by atoms with E-state index in [1.54, 1.807) is 24.3 Å². The number of aromatic nitrogens is 2. The van der Waals surface area contributed by atoms with Gasteiger partial charge in [-0.05, 0) is 37.3 Å². The topological polar surface area (TPSA) is 73.2 Å². The zero-order chi connectivity index (χ0) is 18.5. The van der Waals surface area contributed by atoms with Gasteiger partial charge in [-0.2, -0.15) is 0 Å². The molecule has 0 aliphatic rings. The van der Waals surface area contributed by atoms with Crippen LogP contribution in [0.25, 0.3) is 0 Å². The summed E-state index contributed by atoms with van der Waals surface area (Å²) in [5, 5.41) is 2.65. The Balaban J connectivity index is 1.69. The smallest absolute Gasteiger partial charge is 0.258 e. The van der Waals surface area contributed by atoms with Crippen LogP contribution in [0.15, 0.2) is 65.7 Å². The van der Waals surface area contributed by atoms with Crippen molar-refractivity contribution in [1.82, 2.24) is 9.55 Å². The molecule has 3 aromatic rings. The fourth-order valence-electron chi connectivity index (χ4n) is 2.28. The van der Waals surface area contributed by atoms with E-state index in [1.165, 1.54) is 41.2 Å². The number of rotatable bonds is 5. The van der Waals surface area contributed by atoms with Crippen LogP contribution >= 0.6 is 0 Å². The maximum absolute atomic E-state index is 13.2. The third kappa shape index (κ3) is 4.13. The van der Waals surface area contributed by atoms with Gasteiger partial charge in [0, 0.05) is 24.9 Å². The van der Waals surface area contributed by atoms with E-state index in [-0.39, 0.29) is 11.5 Å². The number of carbonyl (C=O) groups excluding carboxylic acids is 1. The average molecular weight is 353 g/mol. The van der Waals surface area contributed by atoms with Gasteiger partial charge in [-0.15, -0.1) is 0 Å². The lowest BCUT2D eigenvalue weighted by atomic mass is 10.2. The molecule has 0 radical (unpaired) electrons. The molecule has 6 nitrogen and oxygen atoms in total. The number of hydrogen-bond donors (Lipinski definition) is 1. The number of anilines is 1. The normalized spacial score (nSPS) is 10.4. The predicted octanol–water partition coefficient (Wildman–Crippen LogP) is 3.45. The van der Waals surface area contributed by atoms with Crippen molar-refractivity contribution < 1.29 is 13.9 Å². The Bertz CT molecular complexity index is 984. The number of nitrogens with one attached hydrogen (secondary N) is 1. The second-order valence-electron chi connectivity index (χ2n) is 5.43. The first kappa shape index (κ1) is 17.3. The summed E-state index contributed by atoms with van der Waals surface area (Å²) in [6.45, 7) is 2.30. The molecule has 0 atom stereocenters. The molecule has 0 bridgehead atoms. The van der Waals surface area contributed by atoms with Crippen LogP contribution in [0.5, 0.6) is 11.5 Å². The second kappa shape index (κ2) is 7.60. The third-order valence-electron chi connectivity index (χ3n) is 3.60. The van der Waals surface area contributed by atoms with E-state index in [9.17, 15) is 14.0 Å². The molecule has 0 fully saturated rings. The summed E-state index contributed by atoms with van der Waals surface area (Å²) in [7, 11) is 0. The first-order valence-corrected chi connectivity index (χ1v) is 7.96. The van der Waals surface area contributed by atoms with Crippen LogP contribution in [0, 0.1) is 5.82 Å². The van der Waals surface area contributed by atoms with Crippen molar-refractivity contribution in [2.75, 3.05) is 5.32 Å². The average Bonchev–Trinajstić information content (AvgIpc) is 2.64. The molecule has 1 N–H and O–H groups in total. The van der Waals surface area contributed by atoms with Crippen LogP contribution in [0.1, 0.15) is 17.3 Å². The lowest BCUT2D eigenvalue weighted by Crippen LogP contribution is -2.21. The Morgan fingerprint density at radius 2 is 2.04 bits per heavy atom. The molecule has 0 unspecified atom stereocenters. The molecule has 0 saturated carbocycles. The number of amides is 1. The van der Waals surface area contributed by atoms with Crippen molar-refractivity contribution in [3.8, 4) is 11.5 Å². The van der Waals surface area contributed by atoms with Crippen molar-refractivity contribution in [2.45, 2.75) is 13.5 Å². The molecule has 0 aliphatic carbocycles. The Hall–Kier alpha value is -3.48. The van der Waals surface area contributed by atoms with Gasteiger partial charge in [-0.1, -0.05) is 6.07 Å². The van der Waals surface area contributed by atoms with Crippen molar-refractivity contribution >= 4 is 11.7 Å². The van der Waals surface area contributed by atoms with Crippen molar-refractivity contribution in [1.29, 1.82) is 0 Å². The van der Waals surface area contributed by atoms with E-state index >= 15 is 0 Å². The molecule has 0 saturated heterocycles. The zero-order valence-electron chi connectivity index (χ0n) is 14.0. The van der Waals surface area contributed by atoms with Crippen molar-refractivity contribution in [2.24, 2.45) is 0 Å². The summed E-state index contributed by atoms with van der Waals surface area (Å²) < 4.78 is 20.1. The molecule has 0 aliphatic heterocycles. The van der Waals surface area contributed by atoms with Crippen LogP contribution in [0.4, 0.5) is 10.2 Å². The van der Waals surface area contributed by atoms with Crippen LogP contribution < -0.4 is 15.6 Å². The highest BCUT2D eigenvalue weighted by Gasteiger charge is 2.09. The number of carbonyl (C=O) groups is 1. The van der Waals surface area contributed by atoms with E-state index in [0.29, 0.717) is 29.4 Å². The maximum atomic E-state index is 13.2. The monoisotopic (exact) mass is 353 g/mol. The maximum Gasteiger partial charge on any atom is 0.258 e. The number of pyridine rings is 2. The van der Waals surface area contributed by atoms with Gasteiger partial charge in [0.15, 0.2) is 0 Å². The SMILES string of the molecule is CCn1cc(C(=O)Nc2ccc(Oc3cccc(F)c3)cn2)ccc1=O. The molecule has 26 heavy (non-hydrogen) atoms. The number of nitrogens with zero attached hydrogens (tertiary/aromatic N) is 2. The summed E-state index contributed by atoms with van der Waals surface area (Å²) in [6.07, 6.45) is 2.92. The fourth-order valence-corrected chi connectivity index (χ4v) is 2.28. The Morgan fingerprint density at radius 3 is 2.73 bits per heavy atom. The summed E-state index contributed by atoms with van der Waals surface area (Å²) in [4.78, 5) is 27.9. The van der Waals surface area contributed by atoms with Gasteiger partial charge >= 0.3 is 0 Å². The number of aryl methyl sites for hydroxylation is 1. The molecule has 0 spiro atoms. The fraction of sp³-hybridized carbons (Fsp3) is 0.105. The molecule has 1 aromatic carbocycles. The van der Waals surface area contributed by atoms with E-state index in [0.717, 1.165) is 0 Å². The van der Waals surface area contributed by atoms with Crippen molar-refractivity contribution in [3.05, 3.63) is 82.7 Å². The molecule has 3 rings (SSSR count). The Morgan fingerprint density at radius 1 is 1.19 bits per heavy atom. The highest BCUT2D eigenvalue weighted by atomic mass is 19.1. The Kier molecular flexibility index (Phi) is 5.07. The molecule has 2 heterocycles. The molecule has 132 valence electrons. The van der Waals surface area contributed by atoms with Gasteiger partial charge in [0.05, 0.1) is 11.8 Å². The van der Waals surface area contributed by atoms with E-state index in [4.69, 9.17) is 4.74 Å². The second-order valence-corrected chi connectivity index (χ2v) is 5.43. The number of benzene rings is 1. The predicted molar refractivity (Wildman–Crippen MR) is 95.0 cm³/mol.